The first-order valence-corrected chi connectivity index (χ1v) is 12.4. The van der Waals surface area contributed by atoms with Gasteiger partial charge >= 0.3 is 0 Å². The van der Waals surface area contributed by atoms with Crippen molar-refractivity contribution in [1.82, 2.24) is 15.8 Å². The van der Waals surface area contributed by atoms with Gasteiger partial charge in [-0.25, -0.2) is 4.39 Å². The quantitative estimate of drug-likeness (QED) is 0.478. The molecule has 1 fully saturated rings. The van der Waals surface area contributed by atoms with Crippen LogP contribution in [0.4, 0.5) is 10.1 Å². The first kappa shape index (κ1) is 23.7. The minimum Gasteiger partial charge on any atom is -0.346 e. The van der Waals surface area contributed by atoms with Gasteiger partial charge in [-0.05, 0) is 49.1 Å². The fourth-order valence-electron chi connectivity index (χ4n) is 4.34. The van der Waals surface area contributed by atoms with Crippen molar-refractivity contribution < 1.29 is 14.0 Å². The van der Waals surface area contributed by atoms with E-state index in [1.807, 2.05) is 37.4 Å². The largest absolute Gasteiger partial charge is 0.346 e. The van der Waals surface area contributed by atoms with E-state index in [1.54, 1.807) is 17.0 Å². The minimum atomic E-state index is -0.387. The van der Waals surface area contributed by atoms with Gasteiger partial charge in [0.15, 0.2) is 0 Å². The van der Waals surface area contributed by atoms with Crippen LogP contribution in [0.1, 0.15) is 50.1 Å². The highest BCUT2D eigenvalue weighted by Crippen LogP contribution is 2.36. The Morgan fingerprint density at radius 1 is 1.12 bits per heavy atom. The lowest BCUT2D eigenvalue weighted by atomic mass is 9.99. The summed E-state index contributed by atoms with van der Waals surface area (Å²) in [5.74, 6) is -0.305. The predicted octanol–water partition coefficient (Wildman–Crippen LogP) is 4.26. The molecule has 0 bridgehead atoms. The third kappa shape index (κ3) is 6.34. The SMILES string of the molecule is CN(CCCCCC1CC(c2cccc(F)c2)NN1)C(=O)CC1Sc2ccccc2NC1=O. The van der Waals surface area contributed by atoms with Crippen LogP contribution in [-0.4, -0.2) is 41.6 Å². The molecule has 8 heteroatoms. The topological polar surface area (TPSA) is 73.5 Å². The number of para-hydroxylation sites is 1. The molecule has 0 radical (unpaired) electrons. The molecule has 6 nitrogen and oxygen atoms in total. The van der Waals surface area contributed by atoms with E-state index in [1.165, 1.54) is 17.8 Å². The fraction of sp³-hybridized carbons (Fsp3) is 0.440. The van der Waals surface area contributed by atoms with E-state index in [9.17, 15) is 14.0 Å². The monoisotopic (exact) mass is 470 g/mol. The third-order valence-electron chi connectivity index (χ3n) is 6.27. The van der Waals surface area contributed by atoms with E-state index in [2.05, 4.69) is 16.2 Å². The summed E-state index contributed by atoms with van der Waals surface area (Å²) in [6.07, 6.45) is 5.21. The molecule has 176 valence electrons. The van der Waals surface area contributed by atoms with E-state index >= 15 is 0 Å². The van der Waals surface area contributed by atoms with E-state index in [0.29, 0.717) is 12.6 Å². The van der Waals surface area contributed by atoms with Crippen molar-refractivity contribution in [2.75, 3.05) is 18.9 Å². The Bertz CT molecular complexity index is 988. The first-order valence-electron chi connectivity index (χ1n) is 11.6. The average Bonchev–Trinajstić information content (AvgIpc) is 3.28. The number of nitrogens with one attached hydrogen (secondary N) is 3. The smallest absolute Gasteiger partial charge is 0.238 e. The Labute approximate surface area is 198 Å². The molecule has 0 aromatic heterocycles. The van der Waals surface area contributed by atoms with Crippen LogP contribution in [0.25, 0.3) is 0 Å². The average molecular weight is 471 g/mol. The standard InChI is InChI=1S/C25H31FN4O2S/c1-30(24(31)16-23-25(32)27-20-11-4-5-12-22(20)33-23)13-6-2-3-10-19-15-21(29-28-19)17-8-7-9-18(26)14-17/h4-5,7-9,11-12,14,19,21,23,28-29H,2-3,6,10,13,15-16H2,1H3,(H,27,32). The van der Waals surface area contributed by atoms with E-state index in [0.717, 1.165) is 48.3 Å². The molecule has 0 aliphatic carbocycles. The number of thioether (sulfide) groups is 1. The van der Waals surface area contributed by atoms with Crippen molar-refractivity contribution in [2.24, 2.45) is 0 Å². The summed E-state index contributed by atoms with van der Waals surface area (Å²) in [7, 11) is 1.81. The number of nitrogens with zero attached hydrogens (tertiary/aromatic N) is 1. The Kier molecular flexibility index (Phi) is 8.01. The number of unbranched alkanes of at least 4 members (excludes halogenated alkanes) is 2. The lowest BCUT2D eigenvalue weighted by Gasteiger charge is -2.25. The number of benzene rings is 2. The minimum absolute atomic E-state index is 0.00151. The van der Waals surface area contributed by atoms with Gasteiger partial charge in [0.25, 0.3) is 0 Å². The van der Waals surface area contributed by atoms with E-state index < -0.39 is 0 Å². The second-order valence-corrected chi connectivity index (χ2v) is 10.0. The number of fused-ring (bicyclic) bond motifs is 1. The number of hydrogen-bond donors (Lipinski definition) is 3. The highest BCUT2D eigenvalue weighted by molar-refractivity contribution is 8.01. The van der Waals surface area contributed by atoms with E-state index in [4.69, 9.17) is 0 Å². The van der Waals surface area contributed by atoms with Crippen LogP contribution in [0.5, 0.6) is 0 Å². The number of rotatable bonds is 9. The van der Waals surface area contributed by atoms with Gasteiger partial charge in [-0.15, -0.1) is 11.8 Å². The summed E-state index contributed by atoms with van der Waals surface area (Å²) in [5.41, 5.74) is 8.38. The summed E-state index contributed by atoms with van der Waals surface area (Å²) in [6.45, 7) is 0.691. The van der Waals surface area contributed by atoms with Gasteiger partial charge in [0.1, 0.15) is 5.82 Å². The molecule has 2 aliphatic heterocycles. The molecule has 2 amide bonds. The van der Waals surface area contributed by atoms with Crippen molar-refractivity contribution in [3.05, 3.63) is 59.9 Å². The van der Waals surface area contributed by atoms with Gasteiger partial charge in [-0.3, -0.25) is 20.4 Å². The summed E-state index contributed by atoms with van der Waals surface area (Å²) >= 11 is 1.46. The molecule has 2 aromatic rings. The van der Waals surface area contributed by atoms with Crippen LogP contribution >= 0.6 is 11.8 Å². The van der Waals surface area contributed by atoms with Crippen LogP contribution in [0, 0.1) is 5.82 Å². The zero-order valence-electron chi connectivity index (χ0n) is 18.9. The van der Waals surface area contributed by atoms with Gasteiger partial charge < -0.3 is 10.2 Å². The van der Waals surface area contributed by atoms with Gasteiger partial charge in [0.2, 0.25) is 11.8 Å². The lowest BCUT2D eigenvalue weighted by molar-refractivity contribution is -0.131. The molecule has 2 aliphatic rings. The zero-order chi connectivity index (χ0) is 23.2. The number of hydrogen-bond acceptors (Lipinski definition) is 5. The zero-order valence-corrected chi connectivity index (χ0v) is 19.7. The molecule has 33 heavy (non-hydrogen) atoms. The van der Waals surface area contributed by atoms with Crippen LogP contribution in [0.3, 0.4) is 0 Å². The number of carbonyl (C=O) groups excluding carboxylic acids is 2. The van der Waals surface area contributed by atoms with Crippen molar-refractivity contribution in [3.63, 3.8) is 0 Å². The summed E-state index contributed by atoms with van der Waals surface area (Å²) in [5, 5.41) is 2.51. The molecule has 3 unspecified atom stereocenters. The van der Waals surface area contributed by atoms with Crippen molar-refractivity contribution in [1.29, 1.82) is 0 Å². The van der Waals surface area contributed by atoms with Gasteiger partial charge in [0, 0.05) is 37.0 Å². The normalized spacial score (nSPS) is 22.0. The molecule has 0 saturated carbocycles. The lowest BCUT2D eigenvalue weighted by Crippen LogP contribution is -2.36. The molecule has 4 rings (SSSR count). The van der Waals surface area contributed by atoms with Gasteiger partial charge in [-0.1, -0.05) is 37.1 Å². The second-order valence-electron chi connectivity index (χ2n) is 8.79. The fourth-order valence-corrected chi connectivity index (χ4v) is 5.44. The highest BCUT2D eigenvalue weighted by Gasteiger charge is 2.29. The maximum Gasteiger partial charge on any atom is 0.238 e. The molecule has 0 spiro atoms. The molecule has 2 heterocycles. The summed E-state index contributed by atoms with van der Waals surface area (Å²) < 4.78 is 13.4. The summed E-state index contributed by atoms with van der Waals surface area (Å²) in [6, 6.07) is 14.9. The van der Waals surface area contributed by atoms with Gasteiger partial charge in [-0.2, -0.15) is 0 Å². The van der Waals surface area contributed by atoms with Crippen molar-refractivity contribution in [2.45, 2.75) is 60.8 Å². The Balaban J connectivity index is 1.12. The first-order chi connectivity index (χ1) is 16.0. The number of anilines is 1. The molecular weight excluding hydrogens is 439 g/mol. The van der Waals surface area contributed by atoms with Crippen LogP contribution in [-0.2, 0) is 9.59 Å². The van der Waals surface area contributed by atoms with Crippen LogP contribution in [0.2, 0.25) is 0 Å². The number of hydrazine groups is 1. The second kappa shape index (κ2) is 11.1. The molecular formula is C25H31FN4O2S. The predicted molar refractivity (Wildman–Crippen MR) is 129 cm³/mol. The van der Waals surface area contributed by atoms with Crippen molar-refractivity contribution >= 4 is 29.3 Å². The van der Waals surface area contributed by atoms with Gasteiger partial charge in [0.05, 0.1) is 10.9 Å². The Morgan fingerprint density at radius 2 is 1.97 bits per heavy atom. The number of halogens is 1. The maximum atomic E-state index is 13.4. The molecule has 1 saturated heterocycles. The maximum absolute atomic E-state index is 13.4. The third-order valence-corrected chi connectivity index (χ3v) is 7.55. The number of carbonyl (C=O) groups is 2. The van der Waals surface area contributed by atoms with Crippen LogP contribution in [0.15, 0.2) is 53.4 Å². The van der Waals surface area contributed by atoms with Crippen LogP contribution < -0.4 is 16.2 Å². The number of amides is 2. The molecule has 3 N–H and O–H groups in total. The molecule has 2 aromatic carbocycles. The van der Waals surface area contributed by atoms with E-state index in [-0.39, 0.29) is 35.3 Å². The Hall–Kier alpha value is -2.42. The summed E-state index contributed by atoms with van der Waals surface area (Å²) in [4.78, 5) is 27.7. The molecule has 3 atom stereocenters. The van der Waals surface area contributed by atoms with Crippen molar-refractivity contribution in [3.8, 4) is 0 Å². The Morgan fingerprint density at radius 3 is 2.82 bits per heavy atom. The highest BCUT2D eigenvalue weighted by atomic mass is 32.2.